The molecule has 0 bridgehead atoms. The highest BCUT2D eigenvalue weighted by Crippen LogP contribution is 2.04. The van der Waals surface area contributed by atoms with Gasteiger partial charge >= 0.3 is 0 Å². The number of hydroxylamine groups is 2. The van der Waals surface area contributed by atoms with E-state index >= 15 is 0 Å². The molecule has 14 heavy (non-hydrogen) atoms. The summed E-state index contributed by atoms with van der Waals surface area (Å²) >= 11 is 0. The van der Waals surface area contributed by atoms with Crippen LogP contribution in [0.25, 0.3) is 0 Å². The monoisotopic (exact) mass is 203 g/mol. The summed E-state index contributed by atoms with van der Waals surface area (Å²) in [4.78, 5) is 10.6. The fraction of sp³-hybridized carbons (Fsp3) is 1.00. The predicted molar refractivity (Wildman–Crippen MR) is 58.7 cm³/mol. The summed E-state index contributed by atoms with van der Waals surface area (Å²) in [6, 6.07) is 0. The zero-order valence-electron chi connectivity index (χ0n) is 9.92. The summed E-state index contributed by atoms with van der Waals surface area (Å²) in [7, 11) is 0. The van der Waals surface area contributed by atoms with Crippen molar-refractivity contribution in [2.45, 2.75) is 52.9 Å². The molecule has 0 amide bonds. The summed E-state index contributed by atoms with van der Waals surface area (Å²) in [6.07, 6.45) is 6.37. The first-order valence-electron chi connectivity index (χ1n) is 5.88. The second kappa shape index (κ2) is 11.0. The molecule has 0 aliphatic heterocycles. The second-order valence-corrected chi connectivity index (χ2v) is 3.31. The van der Waals surface area contributed by atoms with Gasteiger partial charge in [0, 0.05) is 0 Å². The van der Waals surface area contributed by atoms with Crippen molar-refractivity contribution >= 4 is 0 Å². The largest absolute Gasteiger partial charge is 0.274 e. The van der Waals surface area contributed by atoms with Crippen molar-refractivity contribution in [2.24, 2.45) is 0 Å². The SMILES string of the molecule is CCCCCCCN(OCC)OCC. The lowest BCUT2D eigenvalue weighted by Crippen LogP contribution is -2.25. The molecule has 0 atom stereocenters. The fourth-order valence-corrected chi connectivity index (χ4v) is 1.30. The van der Waals surface area contributed by atoms with Crippen molar-refractivity contribution in [2.75, 3.05) is 19.8 Å². The smallest absolute Gasteiger partial charge is 0.0683 e. The Balaban J connectivity index is 3.30. The normalized spacial score (nSPS) is 11.1. The Kier molecular flexibility index (Phi) is 10.9. The van der Waals surface area contributed by atoms with E-state index in [9.17, 15) is 0 Å². The molecular weight excluding hydrogens is 178 g/mol. The molecule has 0 N–H and O–H groups in total. The van der Waals surface area contributed by atoms with Gasteiger partial charge in [-0.25, -0.2) is 0 Å². The third kappa shape index (κ3) is 8.48. The molecule has 0 heterocycles. The molecule has 0 unspecified atom stereocenters. The zero-order chi connectivity index (χ0) is 10.6. The van der Waals surface area contributed by atoms with E-state index in [1.54, 1.807) is 5.23 Å². The maximum absolute atomic E-state index is 5.30. The quantitative estimate of drug-likeness (QED) is 0.402. The first-order valence-corrected chi connectivity index (χ1v) is 5.88. The minimum atomic E-state index is 0.676. The number of unbranched alkanes of at least 4 members (excludes halogenated alkanes) is 4. The van der Waals surface area contributed by atoms with Gasteiger partial charge in [0.25, 0.3) is 0 Å². The molecule has 86 valence electrons. The van der Waals surface area contributed by atoms with Gasteiger partial charge in [-0.15, -0.1) is 0 Å². The van der Waals surface area contributed by atoms with Crippen LogP contribution in [0.15, 0.2) is 0 Å². The molecule has 3 heteroatoms. The molecule has 3 nitrogen and oxygen atoms in total. The van der Waals surface area contributed by atoms with Crippen LogP contribution in [-0.2, 0) is 9.68 Å². The molecule has 0 aliphatic carbocycles. The van der Waals surface area contributed by atoms with Crippen molar-refractivity contribution in [1.29, 1.82) is 0 Å². The second-order valence-electron chi connectivity index (χ2n) is 3.31. The van der Waals surface area contributed by atoms with Crippen molar-refractivity contribution in [1.82, 2.24) is 5.23 Å². The van der Waals surface area contributed by atoms with E-state index in [1.165, 1.54) is 25.7 Å². The lowest BCUT2D eigenvalue weighted by molar-refractivity contribution is -0.364. The minimum Gasteiger partial charge on any atom is -0.274 e. The average Bonchev–Trinajstić information content (AvgIpc) is 2.18. The highest BCUT2D eigenvalue weighted by Gasteiger charge is 2.02. The Morgan fingerprint density at radius 1 is 0.786 bits per heavy atom. The van der Waals surface area contributed by atoms with E-state index in [-0.39, 0.29) is 0 Å². The third-order valence-corrected chi connectivity index (χ3v) is 1.99. The van der Waals surface area contributed by atoms with Crippen molar-refractivity contribution in [3.63, 3.8) is 0 Å². The highest BCUT2D eigenvalue weighted by molar-refractivity contribution is 4.43. The van der Waals surface area contributed by atoms with Gasteiger partial charge < -0.3 is 0 Å². The van der Waals surface area contributed by atoms with Gasteiger partial charge in [-0.1, -0.05) is 37.8 Å². The van der Waals surface area contributed by atoms with Crippen LogP contribution in [0.5, 0.6) is 0 Å². The maximum Gasteiger partial charge on any atom is 0.0683 e. The van der Waals surface area contributed by atoms with Crippen LogP contribution >= 0.6 is 0 Å². The lowest BCUT2D eigenvalue weighted by Gasteiger charge is -2.19. The number of nitrogens with zero attached hydrogens (tertiary/aromatic N) is 1. The zero-order valence-corrected chi connectivity index (χ0v) is 9.92. The van der Waals surface area contributed by atoms with Gasteiger partial charge in [-0.05, 0) is 20.3 Å². The predicted octanol–water partition coefficient (Wildman–Crippen LogP) is 3.16. The third-order valence-electron chi connectivity index (χ3n) is 1.99. The Morgan fingerprint density at radius 3 is 1.86 bits per heavy atom. The Bertz CT molecular complexity index is 103. The van der Waals surface area contributed by atoms with E-state index in [1.807, 2.05) is 13.8 Å². The summed E-state index contributed by atoms with van der Waals surface area (Å²) in [5.74, 6) is 0. The van der Waals surface area contributed by atoms with Crippen LogP contribution in [0.2, 0.25) is 0 Å². The van der Waals surface area contributed by atoms with Gasteiger partial charge in [-0.2, -0.15) is 0 Å². The van der Waals surface area contributed by atoms with Crippen LogP contribution in [0.4, 0.5) is 0 Å². The number of hydrogen-bond donors (Lipinski definition) is 0. The van der Waals surface area contributed by atoms with E-state index in [2.05, 4.69) is 6.92 Å². The Labute approximate surface area is 88.3 Å². The van der Waals surface area contributed by atoms with Crippen molar-refractivity contribution in [3.05, 3.63) is 0 Å². The van der Waals surface area contributed by atoms with Gasteiger partial charge in [0.2, 0.25) is 0 Å². The fourth-order valence-electron chi connectivity index (χ4n) is 1.30. The minimum absolute atomic E-state index is 0.676. The summed E-state index contributed by atoms with van der Waals surface area (Å²) in [6.45, 7) is 8.41. The maximum atomic E-state index is 5.30. The summed E-state index contributed by atoms with van der Waals surface area (Å²) < 4.78 is 0. The molecule has 0 saturated heterocycles. The molecule has 0 saturated carbocycles. The molecule has 0 aromatic carbocycles. The van der Waals surface area contributed by atoms with Crippen LogP contribution in [0, 0.1) is 0 Å². The van der Waals surface area contributed by atoms with Crippen molar-refractivity contribution < 1.29 is 9.68 Å². The van der Waals surface area contributed by atoms with Gasteiger partial charge in [0.05, 0.1) is 19.8 Å². The first kappa shape index (κ1) is 13.9. The van der Waals surface area contributed by atoms with E-state index < -0.39 is 0 Å². The van der Waals surface area contributed by atoms with Crippen LogP contribution in [-0.4, -0.2) is 25.0 Å². The van der Waals surface area contributed by atoms with Crippen LogP contribution in [0.3, 0.4) is 0 Å². The molecule has 0 rings (SSSR count). The van der Waals surface area contributed by atoms with Gasteiger partial charge in [0.15, 0.2) is 0 Å². The Morgan fingerprint density at radius 2 is 1.36 bits per heavy atom. The molecule has 0 radical (unpaired) electrons. The first-order chi connectivity index (χ1) is 6.85. The summed E-state index contributed by atoms with van der Waals surface area (Å²) in [5, 5.41) is 1.62. The number of rotatable bonds is 10. The average molecular weight is 203 g/mol. The molecule has 0 aliphatic rings. The molecule has 0 aromatic rings. The number of hydrogen-bond acceptors (Lipinski definition) is 3. The van der Waals surface area contributed by atoms with Crippen LogP contribution in [0.1, 0.15) is 52.9 Å². The molecular formula is C11H25NO2. The summed E-state index contributed by atoms with van der Waals surface area (Å²) in [5.41, 5.74) is 0. The van der Waals surface area contributed by atoms with E-state index in [4.69, 9.17) is 9.68 Å². The van der Waals surface area contributed by atoms with E-state index in [0.717, 1.165) is 13.0 Å². The van der Waals surface area contributed by atoms with E-state index in [0.29, 0.717) is 13.2 Å². The molecule has 0 fully saturated rings. The standard InChI is InChI=1S/C11H25NO2/c1-4-7-8-9-10-11-12(13-5-2)14-6-3/h4-11H2,1-3H3. The Hall–Kier alpha value is -0.120. The van der Waals surface area contributed by atoms with Crippen molar-refractivity contribution in [3.8, 4) is 0 Å². The van der Waals surface area contributed by atoms with Gasteiger partial charge in [-0.3, -0.25) is 9.68 Å². The van der Waals surface area contributed by atoms with Crippen LogP contribution < -0.4 is 0 Å². The molecule has 0 aromatic heterocycles. The topological polar surface area (TPSA) is 21.7 Å². The highest BCUT2D eigenvalue weighted by atomic mass is 16.9. The van der Waals surface area contributed by atoms with Gasteiger partial charge in [0.1, 0.15) is 0 Å². The molecule has 0 spiro atoms. The lowest BCUT2D eigenvalue weighted by atomic mass is 10.2.